The highest BCUT2D eigenvalue weighted by molar-refractivity contribution is 9.10. The summed E-state index contributed by atoms with van der Waals surface area (Å²) >= 11 is 3.41. The van der Waals surface area contributed by atoms with Crippen LogP contribution in [0.5, 0.6) is 5.75 Å². The zero-order valence-electron chi connectivity index (χ0n) is 11.6. The Labute approximate surface area is 127 Å². The first kappa shape index (κ1) is 15.3. The van der Waals surface area contributed by atoms with E-state index in [0.29, 0.717) is 11.8 Å². The number of aliphatic carboxylic acids is 1. The average molecular weight is 343 g/mol. The van der Waals surface area contributed by atoms with E-state index in [4.69, 9.17) is 4.74 Å². The average Bonchev–Trinajstić information content (AvgIpc) is 2.39. The van der Waals surface area contributed by atoms with Crippen LogP contribution in [-0.2, 0) is 4.79 Å². The molecule has 110 valence electrons. The molecular weight excluding hydrogens is 324 g/mol. The molecule has 1 saturated heterocycles. The highest BCUT2D eigenvalue weighted by Crippen LogP contribution is 2.30. The maximum absolute atomic E-state index is 11.7. The van der Waals surface area contributed by atoms with Gasteiger partial charge in [0.1, 0.15) is 11.8 Å². The smallest absolute Gasteiger partial charge is 0.325 e. The summed E-state index contributed by atoms with van der Waals surface area (Å²) in [6.07, 6.45) is 0. The molecule has 1 fully saturated rings. The predicted octanol–water partition coefficient (Wildman–Crippen LogP) is 1.88. The molecule has 0 saturated carbocycles. The fraction of sp³-hybridized carbons (Fsp3) is 0.500. The molecule has 1 aliphatic rings. The molecule has 1 heterocycles. The Kier molecular flexibility index (Phi) is 5.01. The first-order chi connectivity index (χ1) is 9.52. The monoisotopic (exact) mass is 342 g/mol. The van der Waals surface area contributed by atoms with Gasteiger partial charge in [0.15, 0.2) is 0 Å². The number of halogens is 1. The number of carbonyl (C=O) groups is 1. The molecule has 0 aliphatic carbocycles. The maximum atomic E-state index is 11.7. The molecule has 6 heteroatoms. The van der Waals surface area contributed by atoms with Gasteiger partial charge in [0, 0.05) is 25.7 Å². The highest BCUT2D eigenvalue weighted by atomic mass is 79.9. The Morgan fingerprint density at radius 3 is 2.90 bits per heavy atom. The molecule has 0 spiro atoms. The van der Waals surface area contributed by atoms with Crippen LogP contribution in [0.3, 0.4) is 0 Å². The van der Waals surface area contributed by atoms with Crippen molar-refractivity contribution in [3.05, 3.63) is 28.2 Å². The quantitative estimate of drug-likeness (QED) is 0.874. The SMILES string of the molecule is COc1ccc(C(C(=O)O)N2CCNC(C)C2)cc1Br. The Bertz CT molecular complexity index is 495. The van der Waals surface area contributed by atoms with Crippen LogP contribution in [-0.4, -0.2) is 48.8 Å². The lowest BCUT2D eigenvalue weighted by molar-refractivity contribution is -0.144. The summed E-state index contributed by atoms with van der Waals surface area (Å²) in [6.45, 7) is 4.32. The number of piperazine rings is 1. The van der Waals surface area contributed by atoms with E-state index >= 15 is 0 Å². The highest BCUT2D eigenvalue weighted by Gasteiger charge is 2.30. The summed E-state index contributed by atoms with van der Waals surface area (Å²) in [5.74, 6) is -0.122. The van der Waals surface area contributed by atoms with E-state index in [1.807, 2.05) is 17.0 Å². The summed E-state index contributed by atoms with van der Waals surface area (Å²) in [5, 5.41) is 12.9. The third-order valence-electron chi connectivity index (χ3n) is 3.49. The van der Waals surface area contributed by atoms with Crippen molar-refractivity contribution in [3.8, 4) is 5.75 Å². The van der Waals surface area contributed by atoms with Gasteiger partial charge in [0.05, 0.1) is 11.6 Å². The number of ether oxygens (including phenoxy) is 1. The summed E-state index contributed by atoms with van der Waals surface area (Å²) in [7, 11) is 1.59. The number of carboxylic acid groups (broad SMARTS) is 1. The molecule has 2 unspecified atom stereocenters. The number of methoxy groups -OCH3 is 1. The van der Waals surface area contributed by atoms with Gasteiger partial charge in [0.2, 0.25) is 0 Å². The van der Waals surface area contributed by atoms with Crippen molar-refractivity contribution in [2.45, 2.75) is 19.0 Å². The second-order valence-electron chi connectivity index (χ2n) is 4.98. The minimum atomic E-state index is -0.823. The lowest BCUT2D eigenvalue weighted by Gasteiger charge is -2.36. The summed E-state index contributed by atoms with van der Waals surface area (Å²) in [6, 6.07) is 5.11. The van der Waals surface area contributed by atoms with Crippen LogP contribution >= 0.6 is 15.9 Å². The number of carboxylic acids is 1. The van der Waals surface area contributed by atoms with Gasteiger partial charge >= 0.3 is 5.97 Å². The number of nitrogens with one attached hydrogen (secondary N) is 1. The van der Waals surface area contributed by atoms with Gasteiger partial charge in [0.25, 0.3) is 0 Å². The van der Waals surface area contributed by atoms with Crippen LogP contribution in [0.4, 0.5) is 0 Å². The topological polar surface area (TPSA) is 61.8 Å². The minimum Gasteiger partial charge on any atom is -0.496 e. The fourth-order valence-corrected chi connectivity index (χ4v) is 3.12. The third-order valence-corrected chi connectivity index (χ3v) is 4.11. The van der Waals surface area contributed by atoms with Gasteiger partial charge in [-0.2, -0.15) is 0 Å². The van der Waals surface area contributed by atoms with Gasteiger partial charge < -0.3 is 15.2 Å². The number of benzene rings is 1. The van der Waals surface area contributed by atoms with Crippen molar-refractivity contribution in [2.24, 2.45) is 0 Å². The molecule has 2 rings (SSSR count). The first-order valence-electron chi connectivity index (χ1n) is 6.56. The van der Waals surface area contributed by atoms with Crippen molar-refractivity contribution in [3.63, 3.8) is 0 Å². The molecule has 2 N–H and O–H groups in total. The second-order valence-corrected chi connectivity index (χ2v) is 5.84. The first-order valence-corrected chi connectivity index (χ1v) is 7.36. The fourth-order valence-electron chi connectivity index (χ4n) is 2.56. The molecule has 20 heavy (non-hydrogen) atoms. The second kappa shape index (κ2) is 6.56. The van der Waals surface area contributed by atoms with Gasteiger partial charge in [-0.3, -0.25) is 9.69 Å². The Morgan fingerprint density at radius 1 is 1.60 bits per heavy atom. The maximum Gasteiger partial charge on any atom is 0.325 e. The zero-order valence-corrected chi connectivity index (χ0v) is 13.2. The zero-order chi connectivity index (χ0) is 14.7. The Hall–Kier alpha value is -1.11. The van der Waals surface area contributed by atoms with Crippen molar-refractivity contribution in [1.82, 2.24) is 10.2 Å². The van der Waals surface area contributed by atoms with Crippen LogP contribution < -0.4 is 10.1 Å². The van der Waals surface area contributed by atoms with Gasteiger partial charge in [-0.25, -0.2) is 0 Å². The molecule has 2 atom stereocenters. The van der Waals surface area contributed by atoms with E-state index in [0.717, 1.165) is 29.7 Å². The number of nitrogens with zero attached hydrogens (tertiary/aromatic N) is 1. The van der Waals surface area contributed by atoms with Crippen LogP contribution in [0.25, 0.3) is 0 Å². The molecule has 0 aromatic heterocycles. The normalized spacial score (nSPS) is 21.4. The molecular formula is C14H19BrN2O3. The van der Waals surface area contributed by atoms with Crippen molar-refractivity contribution in [2.75, 3.05) is 26.7 Å². The van der Waals surface area contributed by atoms with E-state index in [1.54, 1.807) is 13.2 Å². The molecule has 1 aromatic carbocycles. The Balaban J connectivity index is 2.28. The Morgan fingerprint density at radius 2 is 2.35 bits per heavy atom. The molecule has 0 amide bonds. The summed E-state index contributed by atoms with van der Waals surface area (Å²) in [4.78, 5) is 13.7. The molecule has 1 aliphatic heterocycles. The van der Waals surface area contributed by atoms with Crippen LogP contribution in [0.15, 0.2) is 22.7 Å². The number of rotatable bonds is 4. The largest absolute Gasteiger partial charge is 0.496 e. The van der Waals surface area contributed by atoms with Crippen LogP contribution in [0.1, 0.15) is 18.5 Å². The van der Waals surface area contributed by atoms with Crippen molar-refractivity contribution >= 4 is 21.9 Å². The summed E-state index contributed by atoms with van der Waals surface area (Å²) < 4.78 is 5.96. The van der Waals surface area contributed by atoms with E-state index in [9.17, 15) is 9.90 Å². The van der Waals surface area contributed by atoms with E-state index in [-0.39, 0.29) is 0 Å². The van der Waals surface area contributed by atoms with Gasteiger partial charge in [-0.05, 0) is 40.5 Å². The van der Waals surface area contributed by atoms with E-state index in [1.165, 1.54) is 0 Å². The lowest BCUT2D eigenvalue weighted by atomic mass is 10.0. The van der Waals surface area contributed by atoms with E-state index < -0.39 is 12.0 Å². The number of hydrogen-bond donors (Lipinski definition) is 2. The van der Waals surface area contributed by atoms with Crippen molar-refractivity contribution < 1.29 is 14.6 Å². The van der Waals surface area contributed by atoms with Crippen LogP contribution in [0.2, 0.25) is 0 Å². The molecule has 0 bridgehead atoms. The standard InChI is InChI=1S/C14H19BrN2O3/c1-9-8-17(6-5-16-9)13(14(18)19)10-3-4-12(20-2)11(15)7-10/h3-4,7,9,13,16H,5-6,8H2,1-2H3,(H,18,19). The van der Waals surface area contributed by atoms with Gasteiger partial charge in [-0.15, -0.1) is 0 Å². The molecule has 0 radical (unpaired) electrons. The minimum absolute atomic E-state index is 0.298. The number of hydrogen-bond acceptors (Lipinski definition) is 4. The third kappa shape index (κ3) is 3.31. The molecule has 1 aromatic rings. The van der Waals surface area contributed by atoms with Crippen molar-refractivity contribution in [1.29, 1.82) is 0 Å². The van der Waals surface area contributed by atoms with Gasteiger partial charge in [-0.1, -0.05) is 6.07 Å². The predicted molar refractivity (Wildman–Crippen MR) is 80.1 cm³/mol. The lowest BCUT2D eigenvalue weighted by Crippen LogP contribution is -2.51. The van der Waals surface area contributed by atoms with Crippen LogP contribution in [0, 0.1) is 0 Å². The summed E-state index contributed by atoms with van der Waals surface area (Å²) in [5.41, 5.74) is 0.763. The molecule has 5 nitrogen and oxygen atoms in total. The van der Waals surface area contributed by atoms with E-state index in [2.05, 4.69) is 28.2 Å².